The molecule has 4 rings (SSSR count). The molecule has 1 aliphatic rings. The Balaban J connectivity index is 1.64. The third-order valence-electron chi connectivity index (χ3n) is 6.25. The molecule has 2 aromatic carbocycles. The van der Waals surface area contributed by atoms with Crippen molar-refractivity contribution in [3.8, 4) is 16.9 Å². The molecular formula is C27H29N3O3. The first-order chi connectivity index (χ1) is 16.0. The second-order valence-electron chi connectivity index (χ2n) is 8.46. The van der Waals surface area contributed by atoms with E-state index < -0.39 is 0 Å². The standard InChI is InChI=1S/C27H29N3O3/c1-3-29-15-16-30(27(33)25-24(31)9-6-14-28-25)18-22(26(29)32)17-21-7-4-5-8-23(21)20-12-10-19(2)11-13-20/h4-14,22,31H,3,15-18H2,1-2H3/t22-/m0/s1. The van der Waals surface area contributed by atoms with Crippen LogP contribution >= 0.6 is 0 Å². The van der Waals surface area contributed by atoms with Crippen molar-refractivity contribution < 1.29 is 14.7 Å². The summed E-state index contributed by atoms with van der Waals surface area (Å²) >= 11 is 0. The number of aromatic hydroxyl groups is 1. The van der Waals surface area contributed by atoms with Gasteiger partial charge in [-0.2, -0.15) is 0 Å². The average molecular weight is 444 g/mol. The van der Waals surface area contributed by atoms with Gasteiger partial charge in [-0.3, -0.25) is 9.59 Å². The summed E-state index contributed by atoms with van der Waals surface area (Å²) < 4.78 is 0. The Morgan fingerprint density at radius 1 is 1.06 bits per heavy atom. The number of aromatic nitrogens is 1. The van der Waals surface area contributed by atoms with Gasteiger partial charge in [0.25, 0.3) is 5.91 Å². The third kappa shape index (κ3) is 4.90. The quantitative estimate of drug-likeness (QED) is 0.649. The Morgan fingerprint density at radius 3 is 2.55 bits per heavy atom. The van der Waals surface area contributed by atoms with Crippen LogP contribution in [0.25, 0.3) is 11.1 Å². The smallest absolute Gasteiger partial charge is 0.276 e. The fourth-order valence-corrected chi connectivity index (χ4v) is 4.39. The minimum atomic E-state index is -0.381. The van der Waals surface area contributed by atoms with Crippen LogP contribution in [0.2, 0.25) is 0 Å². The number of hydrogen-bond acceptors (Lipinski definition) is 4. The van der Waals surface area contributed by atoms with E-state index in [1.807, 2.05) is 24.0 Å². The molecule has 1 atom stereocenters. The summed E-state index contributed by atoms with van der Waals surface area (Å²) in [6, 6.07) is 19.5. The predicted octanol–water partition coefficient (Wildman–Crippen LogP) is 3.93. The van der Waals surface area contributed by atoms with Crippen molar-refractivity contribution in [2.75, 3.05) is 26.2 Å². The van der Waals surface area contributed by atoms with E-state index in [-0.39, 0.29) is 35.7 Å². The van der Waals surface area contributed by atoms with Crippen LogP contribution < -0.4 is 0 Å². The number of benzene rings is 2. The highest BCUT2D eigenvalue weighted by molar-refractivity contribution is 5.95. The Labute approximate surface area is 194 Å². The summed E-state index contributed by atoms with van der Waals surface area (Å²) in [7, 11) is 0. The van der Waals surface area contributed by atoms with E-state index >= 15 is 0 Å². The summed E-state index contributed by atoms with van der Waals surface area (Å²) in [5.74, 6) is -0.826. The second kappa shape index (κ2) is 9.86. The van der Waals surface area contributed by atoms with Crippen LogP contribution in [0.1, 0.15) is 28.5 Å². The Kier molecular flexibility index (Phi) is 6.73. The zero-order chi connectivity index (χ0) is 23.4. The van der Waals surface area contributed by atoms with E-state index in [4.69, 9.17) is 0 Å². The highest BCUT2D eigenvalue weighted by Crippen LogP contribution is 2.28. The van der Waals surface area contributed by atoms with E-state index in [9.17, 15) is 14.7 Å². The summed E-state index contributed by atoms with van der Waals surface area (Å²) in [5.41, 5.74) is 4.49. The minimum Gasteiger partial charge on any atom is -0.505 e. The number of carbonyl (C=O) groups excluding carboxylic acids is 2. The topological polar surface area (TPSA) is 73.7 Å². The number of carbonyl (C=O) groups is 2. The van der Waals surface area contributed by atoms with Gasteiger partial charge in [-0.25, -0.2) is 4.98 Å². The van der Waals surface area contributed by atoms with E-state index in [2.05, 4.69) is 48.3 Å². The van der Waals surface area contributed by atoms with Crippen LogP contribution in [0.4, 0.5) is 0 Å². The second-order valence-corrected chi connectivity index (χ2v) is 8.46. The van der Waals surface area contributed by atoms with E-state index in [1.54, 1.807) is 11.0 Å². The molecule has 0 unspecified atom stereocenters. The Hall–Kier alpha value is -3.67. The van der Waals surface area contributed by atoms with E-state index in [0.717, 1.165) is 16.7 Å². The molecule has 2 amide bonds. The number of amides is 2. The Morgan fingerprint density at radius 2 is 1.82 bits per heavy atom. The van der Waals surface area contributed by atoms with Crippen molar-refractivity contribution >= 4 is 11.8 Å². The van der Waals surface area contributed by atoms with E-state index in [0.29, 0.717) is 26.1 Å². The Bertz CT molecular complexity index is 1140. The first-order valence-electron chi connectivity index (χ1n) is 11.3. The van der Waals surface area contributed by atoms with Gasteiger partial charge >= 0.3 is 0 Å². The van der Waals surface area contributed by atoms with Crippen molar-refractivity contribution in [3.63, 3.8) is 0 Å². The first kappa shape index (κ1) is 22.5. The number of pyridine rings is 1. The fourth-order valence-electron chi connectivity index (χ4n) is 4.39. The van der Waals surface area contributed by atoms with Crippen LogP contribution in [0.3, 0.4) is 0 Å². The molecule has 0 radical (unpaired) electrons. The summed E-state index contributed by atoms with van der Waals surface area (Å²) in [6.07, 6.45) is 2.01. The van der Waals surface area contributed by atoms with Gasteiger partial charge in [0.2, 0.25) is 5.91 Å². The third-order valence-corrected chi connectivity index (χ3v) is 6.25. The van der Waals surface area contributed by atoms with Gasteiger partial charge in [0.05, 0.1) is 5.92 Å². The van der Waals surface area contributed by atoms with Gasteiger partial charge in [0, 0.05) is 32.4 Å². The molecule has 6 heteroatoms. The monoisotopic (exact) mass is 443 g/mol. The molecule has 170 valence electrons. The zero-order valence-corrected chi connectivity index (χ0v) is 19.1. The minimum absolute atomic E-state index is 0.0219. The fraction of sp³-hybridized carbons (Fsp3) is 0.296. The number of hydrogen-bond donors (Lipinski definition) is 1. The average Bonchev–Trinajstić information content (AvgIpc) is 2.98. The van der Waals surface area contributed by atoms with E-state index in [1.165, 1.54) is 17.8 Å². The molecule has 1 saturated heterocycles. The molecule has 0 aliphatic carbocycles. The maximum atomic E-state index is 13.4. The van der Waals surface area contributed by atoms with Crippen LogP contribution in [0, 0.1) is 12.8 Å². The number of rotatable bonds is 5. The maximum absolute atomic E-state index is 13.4. The molecule has 3 aromatic rings. The van der Waals surface area contributed by atoms with Gasteiger partial charge in [-0.15, -0.1) is 0 Å². The van der Waals surface area contributed by atoms with Crippen LogP contribution in [-0.2, 0) is 11.2 Å². The molecule has 2 heterocycles. The largest absolute Gasteiger partial charge is 0.505 e. The molecule has 1 fully saturated rings. The molecule has 0 saturated carbocycles. The lowest BCUT2D eigenvalue weighted by Gasteiger charge is -2.24. The molecule has 0 bridgehead atoms. The number of nitrogens with zero attached hydrogens (tertiary/aromatic N) is 3. The van der Waals surface area contributed by atoms with Gasteiger partial charge in [0.1, 0.15) is 5.75 Å². The summed E-state index contributed by atoms with van der Waals surface area (Å²) in [4.78, 5) is 34.1. The molecule has 1 aliphatic heterocycles. The lowest BCUT2D eigenvalue weighted by Crippen LogP contribution is -2.38. The zero-order valence-electron chi connectivity index (χ0n) is 19.1. The summed E-state index contributed by atoms with van der Waals surface area (Å²) in [6.45, 7) is 5.76. The first-order valence-corrected chi connectivity index (χ1v) is 11.3. The SMILES string of the molecule is CCN1CCN(C(=O)c2ncccc2O)C[C@H](Cc2ccccc2-c2ccc(C)cc2)C1=O. The van der Waals surface area contributed by atoms with Gasteiger partial charge < -0.3 is 14.9 Å². The van der Waals surface area contributed by atoms with Crippen molar-refractivity contribution in [1.82, 2.24) is 14.8 Å². The van der Waals surface area contributed by atoms with Crippen molar-refractivity contribution in [3.05, 3.63) is 83.7 Å². The highest BCUT2D eigenvalue weighted by Gasteiger charge is 2.33. The van der Waals surface area contributed by atoms with Gasteiger partial charge in [0.15, 0.2) is 5.69 Å². The lowest BCUT2D eigenvalue weighted by molar-refractivity contribution is -0.134. The van der Waals surface area contributed by atoms with Crippen LogP contribution in [-0.4, -0.2) is 57.9 Å². The molecule has 1 aromatic heterocycles. The molecule has 6 nitrogen and oxygen atoms in total. The van der Waals surface area contributed by atoms with Crippen LogP contribution in [0.5, 0.6) is 5.75 Å². The lowest BCUT2D eigenvalue weighted by atomic mass is 9.91. The maximum Gasteiger partial charge on any atom is 0.276 e. The molecule has 33 heavy (non-hydrogen) atoms. The molecule has 1 N–H and O–H groups in total. The number of aryl methyl sites for hydroxylation is 1. The van der Waals surface area contributed by atoms with Crippen molar-refractivity contribution in [2.45, 2.75) is 20.3 Å². The highest BCUT2D eigenvalue weighted by atomic mass is 16.3. The molecule has 0 spiro atoms. The van der Waals surface area contributed by atoms with Gasteiger partial charge in [-0.05, 0) is 49.1 Å². The number of likely N-dealkylation sites (N-methyl/N-ethyl adjacent to an activating group) is 1. The van der Waals surface area contributed by atoms with Gasteiger partial charge in [-0.1, -0.05) is 54.1 Å². The van der Waals surface area contributed by atoms with Crippen LogP contribution in [0.15, 0.2) is 66.9 Å². The normalized spacial score (nSPS) is 16.5. The summed E-state index contributed by atoms with van der Waals surface area (Å²) in [5, 5.41) is 10.1. The van der Waals surface area contributed by atoms with Crippen molar-refractivity contribution in [2.24, 2.45) is 5.92 Å². The van der Waals surface area contributed by atoms with Crippen molar-refractivity contribution in [1.29, 1.82) is 0 Å². The predicted molar refractivity (Wildman–Crippen MR) is 128 cm³/mol. The molecular weight excluding hydrogens is 414 g/mol.